The first-order valence-corrected chi connectivity index (χ1v) is 11.8. The summed E-state index contributed by atoms with van der Waals surface area (Å²) in [6.45, 7) is 3.46. The van der Waals surface area contributed by atoms with Gasteiger partial charge in [0.25, 0.3) is 5.91 Å². The summed E-state index contributed by atoms with van der Waals surface area (Å²) < 4.78 is 0. The molecular formula is C24H34N4O3. The van der Waals surface area contributed by atoms with Crippen molar-refractivity contribution < 1.29 is 14.4 Å². The Balaban J connectivity index is 1.19. The normalized spacial score (nSPS) is 26.5. The van der Waals surface area contributed by atoms with Crippen LogP contribution in [0.15, 0.2) is 30.3 Å². The maximum Gasteiger partial charge on any atom is 0.324 e. The Hall–Kier alpha value is -2.41. The van der Waals surface area contributed by atoms with Crippen LogP contribution >= 0.6 is 0 Å². The van der Waals surface area contributed by atoms with E-state index in [-0.39, 0.29) is 24.3 Å². The highest BCUT2D eigenvalue weighted by Crippen LogP contribution is 2.30. The molecule has 0 aromatic heterocycles. The monoisotopic (exact) mass is 426 g/mol. The highest BCUT2D eigenvalue weighted by atomic mass is 16.2. The van der Waals surface area contributed by atoms with Crippen molar-refractivity contribution in [3.05, 3.63) is 35.9 Å². The molecule has 3 atom stereocenters. The number of urea groups is 1. The average Bonchev–Trinajstić information content (AvgIpc) is 3.07. The van der Waals surface area contributed by atoms with Gasteiger partial charge in [-0.3, -0.25) is 14.5 Å². The van der Waals surface area contributed by atoms with Crippen molar-refractivity contribution >= 4 is 17.8 Å². The lowest BCUT2D eigenvalue weighted by molar-refractivity contribution is -0.127. The van der Waals surface area contributed by atoms with E-state index in [2.05, 4.69) is 15.5 Å². The van der Waals surface area contributed by atoms with Gasteiger partial charge in [-0.2, -0.15) is 0 Å². The van der Waals surface area contributed by atoms with E-state index in [4.69, 9.17) is 0 Å². The van der Waals surface area contributed by atoms with Crippen LogP contribution < -0.4 is 10.6 Å². The molecule has 0 spiro atoms. The molecule has 7 heteroatoms. The molecule has 0 bridgehead atoms. The Labute approximate surface area is 184 Å². The third-order valence-electron chi connectivity index (χ3n) is 7.02. The maximum atomic E-state index is 12.6. The van der Waals surface area contributed by atoms with Crippen molar-refractivity contribution in [2.45, 2.75) is 63.5 Å². The van der Waals surface area contributed by atoms with Crippen molar-refractivity contribution in [3.63, 3.8) is 0 Å². The number of carbonyl (C=O) groups excluding carboxylic acids is 3. The Morgan fingerprint density at radius 2 is 1.87 bits per heavy atom. The van der Waals surface area contributed by atoms with Crippen LogP contribution in [0.2, 0.25) is 0 Å². The standard InChI is InChI=1S/C24H34N4O3/c29-22(25-17-19-9-6-15-27-14-5-4-10-21(19)27)12-11-20-23(30)28(24(31)26-20)16-13-18-7-2-1-3-8-18/h1-3,7-8,19-21H,4-6,9-17H2,(H,25,29)(H,26,31). The van der Waals surface area contributed by atoms with E-state index in [1.165, 1.54) is 50.1 Å². The number of piperidine rings is 2. The van der Waals surface area contributed by atoms with Gasteiger partial charge >= 0.3 is 6.03 Å². The van der Waals surface area contributed by atoms with Crippen molar-refractivity contribution in [1.29, 1.82) is 0 Å². The van der Waals surface area contributed by atoms with Gasteiger partial charge in [-0.25, -0.2) is 4.79 Å². The van der Waals surface area contributed by atoms with E-state index >= 15 is 0 Å². The van der Waals surface area contributed by atoms with Crippen LogP contribution in [0.5, 0.6) is 0 Å². The minimum Gasteiger partial charge on any atom is -0.356 e. The molecule has 3 unspecified atom stereocenters. The first-order chi connectivity index (χ1) is 15.1. The van der Waals surface area contributed by atoms with Crippen molar-refractivity contribution in [2.75, 3.05) is 26.2 Å². The highest BCUT2D eigenvalue weighted by molar-refractivity contribution is 6.04. The number of benzene rings is 1. The van der Waals surface area contributed by atoms with Gasteiger partial charge in [0.15, 0.2) is 0 Å². The second-order valence-electron chi connectivity index (χ2n) is 9.07. The molecule has 0 aliphatic carbocycles. The molecule has 3 saturated heterocycles. The summed E-state index contributed by atoms with van der Waals surface area (Å²) in [6.07, 6.45) is 7.43. The fraction of sp³-hybridized carbons (Fsp3) is 0.625. The number of carbonyl (C=O) groups is 3. The van der Waals surface area contributed by atoms with Gasteiger partial charge in [0.05, 0.1) is 0 Å². The number of nitrogens with one attached hydrogen (secondary N) is 2. The van der Waals surface area contributed by atoms with Crippen LogP contribution in [0.25, 0.3) is 0 Å². The number of imide groups is 1. The lowest BCUT2D eigenvalue weighted by Gasteiger charge is -2.44. The van der Waals surface area contributed by atoms with Gasteiger partial charge in [0.2, 0.25) is 5.91 Å². The predicted molar refractivity (Wildman–Crippen MR) is 118 cm³/mol. The van der Waals surface area contributed by atoms with Gasteiger partial charge in [-0.1, -0.05) is 36.8 Å². The summed E-state index contributed by atoms with van der Waals surface area (Å²) in [6, 6.07) is 9.46. The first-order valence-electron chi connectivity index (χ1n) is 11.8. The summed E-state index contributed by atoms with van der Waals surface area (Å²) in [7, 11) is 0. The van der Waals surface area contributed by atoms with Crippen molar-refractivity contribution in [3.8, 4) is 0 Å². The van der Waals surface area contributed by atoms with Crippen LogP contribution in [-0.4, -0.2) is 65.9 Å². The van der Waals surface area contributed by atoms with Crippen molar-refractivity contribution in [1.82, 2.24) is 20.4 Å². The van der Waals surface area contributed by atoms with E-state index in [1.807, 2.05) is 30.3 Å². The highest BCUT2D eigenvalue weighted by Gasteiger charge is 2.37. The molecule has 168 valence electrons. The molecule has 1 aromatic rings. The van der Waals surface area contributed by atoms with E-state index < -0.39 is 6.04 Å². The van der Waals surface area contributed by atoms with Gasteiger partial charge in [-0.15, -0.1) is 0 Å². The summed E-state index contributed by atoms with van der Waals surface area (Å²) in [5.41, 5.74) is 1.09. The number of hydrogen-bond acceptors (Lipinski definition) is 4. The Kier molecular flexibility index (Phi) is 7.22. The van der Waals surface area contributed by atoms with E-state index in [0.717, 1.165) is 5.56 Å². The van der Waals surface area contributed by atoms with Crippen LogP contribution in [0.4, 0.5) is 4.79 Å². The van der Waals surface area contributed by atoms with E-state index in [1.54, 1.807) is 0 Å². The molecule has 4 amide bonds. The van der Waals surface area contributed by atoms with Crippen LogP contribution in [0.1, 0.15) is 50.5 Å². The Morgan fingerprint density at radius 1 is 1.06 bits per heavy atom. The van der Waals surface area contributed by atoms with Crippen molar-refractivity contribution in [2.24, 2.45) is 5.92 Å². The topological polar surface area (TPSA) is 81.8 Å². The third-order valence-corrected chi connectivity index (χ3v) is 7.02. The molecule has 0 saturated carbocycles. The zero-order chi connectivity index (χ0) is 21.6. The molecular weight excluding hydrogens is 392 g/mol. The second kappa shape index (κ2) is 10.3. The maximum absolute atomic E-state index is 12.6. The summed E-state index contributed by atoms with van der Waals surface area (Å²) >= 11 is 0. The molecule has 3 aliphatic rings. The molecule has 3 aliphatic heterocycles. The van der Waals surface area contributed by atoms with E-state index in [9.17, 15) is 14.4 Å². The fourth-order valence-electron chi connectivity index (χ4n) is 5.29. The van der Waals surface area contributed by atoms with E-state index in [0.29, 0.717) is 37.9 Å². The smallest absolute Gasteiger partial charge is 0.324 e. The minimum absolute atomic E-state index is 0.0299. The first kappa shape index (κ1) is 21.8. The Morgan fingerprint density at radius 3 is 2.71 bits per heavy atom. The summed E-state index contributed by atoms with van der Waals surface area (Å²) in [5.74, 6) is 0.274. The number of nitrogens with zero attached hydrogens (tertiary/aromatic N) is 2. The molecule has 3 heterocycles. The lowest BCUT2D eigenvalue weighted by Crippen LogP contribution is -2.51. The molecule has 7 nitrogen and oxygen atoms in total. The fourth-order valence-corrected chi connectivity index (χ4v) is 5.29. The predicted octanol–water partition coefficient (Wildman–Crippen LogP) is 2.31. The third kappa shape index (κ3) is 5.45. The molecule has 0 radical (unpaired) electrons. The van der Waals surface area contributed by atoms with Crippen LogP contribution in [-0.2, 0) is 16.0 Å². The average molecular weight is 427 g/mol. The summed E-state index contributed by atoms with van der Waals surface area (Å²) in [5, 5.41) is 5.83. The Bertz CT molecular complexity index is 782. The van der Waals surface area contributed by atoms with Gasteiger partial charge in [0, 0.05) is 25.6 Å². The van der Waals surface area contributed by atoms with Crippen LogP contribution in [0.3, 0.4) is 0 Å². The van der Waals surface area contributed by atoms with Gasteiger partial charge < -0.3 is 15.5 Å². The second-order valence-corrected chi connectivity index (χ2v) is 9.07. The van der Waals surface area contributed by atoms with Gasteiger partial charge in [-0.05, 0) is 63.1 Å². The number of amides is 4. The minimum atomic E-state index is -0.600. The summed E-state index contributed by atoms with van der Waals surface area (Å²) in [4.78, 5) is 41.1. The molecule has 31 heavy (non-hydrogen) atoms. The zero-order valence-corrected chi connectivity index (χ0v) is 18.2. The quantitative estimate of drug-likeness (QED) is 0.625. The van der Waals surface area contributed by atoms with Gasteiger partial charge in [0.1, 0.15) is 6.04 Å². The molecule has 4 rings (SSSR count). The molecule has 1 aromatic carbocycles. The zero-order valence-electron chi connectivity index (χ0n) is 18.2. The lowest BCUT2D eigenvalue weighted by atomic mass is 9.83. The largest absolute Gasteiger partial charge is 0.356 e. The molecule has 2 N–H and O–H groups in total. The SMILES string of the molecule is O=C(CCC1NC(=O)N(CCc2ccccc2)C1=O)NCC1CCCN2CCCCC12. The molecule has 3 fully saturated rings. The van der Waals surface area contributed by atoms with Crippen LogP contribution in [0, 0.1) is 5.92 Å². The number of hydrogen-bond donors (Lipinski definition) is 2. The number of fused-ring (bicyclic) bond motifs is 1. The number of rotatable bonds is 8.